The number of rotatable bonds is 1. The minimum Gasteiger partial charge on any atom is -0.309 e. The van der Waals surface area contributed by atoms with E-state index >= 15 is 0 Å². The SMILES string of the molecule is [Pd].[c-]1cccc2c1[Si]1(c3[c-]cccc3-n3c4ccc5c(c6ccccc6n5-c5ccccc5)c4c4ccc[n+]1c43)[n+]1ccccc1-2.[c-]1ccccc1.[c-]1ccccc1. The first-order chi connectivity index (χ1) is 28.4. The molecular formula is C52H34N4PdSi-2. The van der Waals surface area contributed by atoms with Crippen molar-refractivity contribution < 1.29 is 28.9 Å². The molecule has 0 fully saturated rings. The fourth-order valence-corrected chi connectivity index (χ4v) is 13.9. The van der Waals surface area contributed by atoms with Gasteiger partial charge in [-0.1, -0.05) is 48.0 Å². The van der Waals surface area contributed by atoms with Gasteiger partial charge < -0.3 is 4.57 Å². The van der Waals surface area contributed by atoms with Crippen LogP contribution in [0.3, 0.4) is 0 Å². The maximum absolute atomic E-state index is 3.81. The van der Waals surface area contributed by atoms with Gasteiger partial charge >= 0.3 is 8.40 Å². The van der Waals surface area contributed by atoms with Crippen LogP contribution in [0, 0.1) is 24.3 Å². The van der Waals surface area contributed by atoms with E-state index in [0.717, 1.165) is 0 Å². The quantitative estimate of drug-likeness (QED) is 0.116. The van der Waals surface area contributed by atoms with E-state index in [1.54, 1.807) is 0 Å². The Labute approximate surface area is 352 Å². The fourth-order valence-electron chi connectivity index (χ4n) is 9.09. The van der Waals surface area contributed by atoms with Crippen LogP contribution in [0.1, 0.15) is 0 Å². The molecule has 0 bridgehead atoms. The van der Waals surface area contributed by atoms with Crippen molar-refractivity contribution >= 4 is 62.5 Å². The van der Waals surface area contributed by atoms with Crippen molar-refractivity contribution in [1.82, 2.24) is 9.13 Å². The van der Waals surface area contributed by atoms with Crippen molar-refractivity contribution in [2.45, 2.75) is 0 Å². The molecule has 58 heavy (non-hydrogen) atoms. The summed E-state index contributed by atoms with van der Waals surface area (Å²) in [6.45, 7) is 0. The molecule has 0 amide bonds. The van der Waals surface area contributed by atoms with E-state index < -0.39 is 8.40 Å². The Morgan fingerprint density at radius 2 is 1.03 bits per heavy atom. The summed E-state index contributed by atoms with van der Waals surface area (Å²) in [4.78, 5) is 0. The summed E-state index contributed by atoms with van der Waals surface area (Å²) in [5, 5.41) is 7.63. The van der Waals surface area contributed by atoms with Gasteiger partial charge in [-0.15, -0.1) is 6.07 Å². The Hall–Kier alpha value is -6.68. The minimum absolute atomic E-state index is 0. The molecule has 0 saturated heterocycles. The van der Waals surface area contributed by atoms with Crippen LogP contribution in [-0.2, 0) is 20.4 Å². The molecule has 1 atom stereocenters. The first-order valence-electron chi connectivity index (χ1n) is 19.2. The van der Waals surface area contributed by atoms with Crippen LogP contribution in [0.25, 0.3) is 66.4 Å². The number of para-hydroxylation sites is 2. The number of fused-ring (bicyclic) bond motifs is 16. The zero-order valence-corrected chi connectivity index (χ0v) is 33.8. The smallest absolute Gasteiger partial charge is 0.309 e. The topological polar surface area (TPSA) is 17.6 Å². The molecule has 6 heterocycles. The normalized spacial score (nSPS) is 14.1. The molecule has 4 nitrogen and oxygen atoms in total. The minimum atomic E-state index is -2.87. The van der Waals surface area contributed by atoms with Crippen LogP contribution in [-0.4, -0.2) is 17.5 Å². The Balaban J connectivity index is 0.000000272. The van der Waals surface area contributed by atoms with Crippen molar-refractivity contribution in [3.8, 4) is 22.6 Å². The molecule has 6 heteroatoms. The van der Waals surface area contributed by atoms with Crippen LogP contribution in [0.15, 0.2) is 207 Å². The van der Waals surface area contributed by atoms with Gasteiger partial charge in [-0.25, -0.2) is 13.0 Å². The maximum atomic E-state index is 3.81. The second-order valence-electron chi connectivity index (χ2n) is 14.2. The summed E-state index contributed by atoms with van der Waals surface area (Å²) in [5.74, 6) is 0. The summed E-state index contributed by atoms with van der Waals surface area (Å²) in [7, 11) is -2.87. The van der Waals surface area contributed by atoms with Crippen LogP contribution in [0.2, 0.25) is 0 Å². The molecule has 13 rings (SSSR count). The zero-order valence-electron chi connectivity index (χ0n) is 31.2. The van der Waals surface area contributed by atoms with Gasteiger partial charge in [0.25, 0.3) is 5.65 Å². The molecule has 0 saturated carbocycles. The third-order valence-corrected chi connectivity index (χ3v) is 15.5. The van der Waals surface area contributed by atoms with E-state index in [1.807, 2.05) is 60.7 Å². The van der Waals surface area contributed by atoms with Crippen LogP contribution < -0.4 is 18.8 Å². The van der Waals surface area contributed by atoms with Gasteiger partial charge in [0, 0.05) is 54.0 Å². The molecule has 1 unspecified atom stereocenters. The maximum Gasteiger partial charge on any atom is 0.608 e. The zero-order chi connectivity index (χ0) is 37.8. The van der Waals surface area contributed by atoms with Crippen LogP contribution >= 0.6 is 0 Å². The summed E-state index contributed by atoms with van der Waals surface area (Å²) < 4.78 is 10.1. The van der Waals surface area contributed by atoms with Crippen molar-refractivity contribution in [1.29, 1.82) is 0 Å². The van der Waals surface area contributed by atoms with Crippen molar-refractivity contribution in [2.75, 3.05) is 0 Å². The van der Waals surface area contributed by atoms with Crippen LogP contribution in [0.4, 0.5) is 0 Å². The largest absolute Gasteiger partial charge is 0.608 e. The Kier molecular flexibility index (Phi) is 9.04. The second-order valence-corrected chi connectivity index (χ2v) is 17.5. The van der Waals surface area contributed by atoms with Crippen LogP contribution in [0.5, 0.6) is 0 Å². The van der Waals surface area contributed by atoms with Crippen molar-refractivity contribution in [2.24, 2.45) is 0 Å². The number of nitrogens with zero attached hydrogens (tertiary/aromatic N) is 4. The Morgan fingerprint density at radius 1 is 0.431 bits per heavy atom. The molecule has 2 aliphatic heterocycles. The van der Waals surface area contributed by atoms with E-state index in [2.05, 4.69) is 188 Å². The average molecular weight is 849 g/mol. The number of benzene rings is 7. The number of hydrogen-bond acceptors (Lipinski definition) is 0. The standard InChI is InChI=1S/C40H24N4Si.2C6H5.Pd/c1-2-13-27(14-3-1)43-32-19-6-4-16-29(32)38-34(43)23-24-35-39(38)30-17-12-26-42-40(30)44(35)33-20-7-9-22-37(33)45(42)36-21-8-5-15-28(36)31-18-10-11-25-41(31)45;2*1-2-4-6-5-3-1;/h1-20,23-26H;2*1-5H;/q;2*-1;. The molecule has 11 aromatic rings. The Bertz CT molecular complexity index is 3120. The average Bonchev–Trinajstić information content (AvgIpc) is 3.93. The molecule has 7 aromatic carbocycles. The number of aromatic nitrogens is 4. The van der Waals surface area contributed by atoms with Crippen molar-refractivity contribution in [3.63, 3.8) is 0 Å². The fraction of sp³-hybridized carbons (Fsp3) is 0. The first-order valence-corrected chi connectivity index (χ1v) is 21.1. The molecule has 1 spiro atoms. The van der Waals surface area contributed by atoms with Crippen molar-refractivity contribution in [3.05, 3.63) is 231 Å². The van der Waals surface area contributed by atoms with Gasteiger partial charge in [0.2, 0.25) is 0 Å². The summed E-state index contributed by atoms with van der Waals surface area (Å²) in [6.07, 6.45) is 4.58. The molecule has 4 aromatic heterocycles. The molecule has 278 valence electrons. The van der Waals surface area contributed by atoms with Gasteiger partial charge in [-0.2, -0.15) is 115 Å². The third kappa shape index (κ3) is 5.23. The van der Waals surface area contributed by atoms with Gasteiger partial charge in [0.15, 0.2) is 6.20 Å². The third-order valence-electron chi connectivity index (χ3n) is 11.2. The summed E-state index contributed by atoms with van der Waals surface area (Å²) in [5.41, 5.74) is 9.74. The van der Waals surface area contributed by atoms with Gasteiger partial charge in [-0.05, 0) is 58.9 Å². The summed E-state index contributed by atoms with van der Waals surface area (Å²) >= 11 is 0. The monoisotopic (exact) mass is 848 g/mol. The molecular weight excluding hydrogens is 815 g/mol. The number of hydrogen-bond donors (Lipinski definition) is 0. The molecule has 0 radical (unpaired) electrons. The van der Waals surface area contributed by atoms with E-state index in [-0.39, 0.29) is 20.4 Å². The molecule has 2 aliphatic rings. The molecule has 0 N–H and O–H groups in total. The van der Waals surface area contributed by atoms with E-state index in [4.69, 9.17) is 0 Å². The van der Waals surface area contributed by atoms with E-state index in [0.29, 0.717) is 0 Å². The van der Waals surface area contributed by atoms with Gasteiger partial charge in [0.1, 0.15) is 11.2 Å². The Morgan fingerprint density at radius 3 is 1.76 bits per heavy atom. The van der Waals surface area contributed by atoms with Gasteiger partial charge in [-0.3, -0.25) is 0 Å². The number of pyridine rings is 2. The second kappa shape index (κ2) is 14.7. The van der Waals surface area contributed by atoms with E-state index in [1.165, 1.54) is 76.7 Å². The summed E-state index contributed by atoms with van der Waals surface area (Å²) in [6, 6.07) is 80.9. The van der Waals surface area contributed by atoms with E-state index in [9.17, 15) is 0 Å². The molecule has 0 aliphatic carbocycles. The predicted octanol–water partition coefficient (Wildman–Crippen LogP) is 8.97. The first kappa shape index (κ1) is 35.7. The predicted molar refractivity (Wildman–Crippen MR) is 231 cm³/mol. The van der Waals surface area contributed by atoms with Gasteiger partial charge in [0.05, 0.1) is 22.6 Å².